The van der Waals surface area contributed by atoms with E-state index in [9.17, 15) is 9.59 Å². The maximum Gasteiger partial charge on any atom is 0.251 e. The summed E-state index contributed by atoms with van der Waals surface area (Å²) in [4.78, 5) is 26.3. The van der Waals surface area contributed by atoms with Gasteiger partial charge in [0.25, 0.3) is 5.91 Å². The fourth-order valence-corrected chi connectivity index (χ4v) is 4.00. The third-order valence-electron chi connectivity index (χ3n) is 5.35. The van der Waals surface area contributed by atoms with Gasteiger partial charge in [0.05, 0.1) is 6.42 Å². The van der Waals surface area contributed by atoms with E-state index in [1.807, 2.05) is 24.3 Å². The Balaban J connectivity index is 1.35. The van der Waals surface area contributed by atoms with Gasteiger partial charge in [-0.25, -0.2) is 0 Å². The van der Waals surface area contributed by atoms with Crippen molar-refractivity contribution in [2.75, 3.05) is 29.9 Å². The van der Waals surface area contributed by atoms with Crippen molar-refractivity contribution in [1.29, 1.82) is 0 Å². The molecule has 1 unspecified atom stereocenters. The van der Waals surface area contributed by atoms with E-state index in [1.54, 1.807) is 12.1 Å². The van der Waals surface area contributed by atoms with E-state index in [4.69, 9.17) is 11.6 Å². The van der Waals surface area contributed by atoms with Gasteiger partial charge in [0.15, 0.2) is 0 Å². The minimum Gasteiger partial charge on any atom is -0.371 e. The Morgan fingerprint density at radius 2 is 2.15 bits per heavy atom. The number of rotatable bonds is 4. The fraction of sp³-hybridized carbons (Fsp3) is 0.333. The lowest BCUT2D eigenvalue weighted by Crippen LogP contribution is -2.31. The Morgan fingerprint density at radius 3 is 3.00 bits per heavy atom. The van der Waals surface area contributed by atoms with Crippen LogP contribution >= 0.6 is 11.6 Å². The summed E-state index contributed by atoms with van der Waals surface area (Å²) in [5.41, 5.74) is 4.66. The van der Waals surface area contributed by atoms with Crippen molar-refractivity contribution >= 4 is 34.8 Å². The first-order valence-electron chi connectivity index (χ1n) is 9.21. The molecular weight excluding hydrogens is 362 g/mol. The van der Waals surface area contributed by atoms with Crippen molar-refractivity contribution in [2.24, 2.45) is 5.92 Å². The van der Waals surface area contributed by atoms with Gasteiger partial charge in [-0.2, -0.15) is 0 Å². The number of carbonyl (C=O) groups excluding carboxylic acids is 2. The van der Waals surface area contributed by atoms with Crippen LogP contribution < -0.4 is 15.5 Å². The van der Waals surface area contributed by atoms with Crippen LogP contribution in [0.4, 0.5) is 11.4 Å². The van der Waals surface area contributed by atoms with E-state index < -0.39 is 0 Å². The lowest BCUT2D eigenvalue weighted by Gasteiger charge is -2.21. The summed E-state index contributed by atoms with van der Waals surface area (Å²) < 4.78 is 0. The molecule has 0 bridgehead atoms. The fourth-order valence-electron chi connectivity index (χ4n) is 3.84. The van der Waals surface area contributed by atoms with Crippen LogP contribution in [0, 0.1) is 12.8 Å². The zero-order valence-corrected chi connectivity index (χ0v) is 16.0. The van der Waals surface area contributed by atoms with E-state index in [0.29, 0.717) is 24.4 Å². The Hall–Kier alpha value is -2.53. The minimum absolute atomic E-state index is 0.0232. The highest BCUT2D eigenvalue weighted by Crippen LogP contribution is 2.29. The molecule has 2 N–H and O–H groups in total. The first-order valence-corrected chi connectivity index (χ1v) is 9.59. The van der Waals surface area contributed by atoms with Gasteiger partial charge in [0.2, 0.25) is 5.91 Å². The molecule has 1 saturated heterocycles. The van der Waals surface area contributed by atoms with Crippen molar-refractivity contribution in [3.63, 3.8) is 0 Å². The third kappa shape index (κ3) is 3.78. The van der Waals surface area contributed by atoms with Gasteiger partial charge in [-0.1, -0.05) is 23.7 Å². The van der Waals surface area contributed by atoms with Crippen LogP contribution in [0.1, 0.15) is 27.9 Å². The van der Waals surface area contributed by atoms with Gasteiger partial charge < -0.3 is 15.5 Å². The summed E-state index contributed by atoms with van der Waals surface area (Å²) in [7, 11) is 0. The first kappa shape index (κ1) is 17.9. The molecule has 6 heteroatoms. The second-order valence-corrected chi connectivity index (χ2v) is 7.77. The Labute approximate surface area is 163 Å². The predicted molar refractivity (Wildman–Crippen MR) is 108 cm³/mol. The van der Waals surface area contributed by atoms with Crippen molar-refractivity contribution < 1.29 is 9.59 Å². The molecule has 2 aromatic carbocycles. The number of nitrogens with one attached hydrogen (secondary N) is 2. The topological polar surface area (TPSA) is 61.4 Å². The maximum absolute atomic E-state index is 12.5. The molecule has 0 spiro atoms. The number of amides is 2. The highest BCUT2D eigenvalue weighted by atomic mass is 35.5. The van der Waals surface area contributed by atoms with Crippen molar-refractivity contribution in [2.45, 2.75) is 19.8 Å². The van der Waals surface area contributed by atoms with E-state index in [2.05, 4.69) is 22.5 Å². The molecule has 2 amide bonds. The van der Waals surface area contributed by atoms with Gasteiger partial charge in [-0.3, -0.25) is 9.59 Å². The average molecular weight is 384 g/mol. The maximum atomic E-state index is 12.5. The van der Waals surface area contributed by atoms with Gasteiger partial charge in [0, 0.05) is 41.6 Å². The van der Waals surface area contributed by atoms with E-state index in [1.165, 1.54) is 11.3 Å². The summed E-state index contributed by atoms with van der Waals surface area (Å²) in [6.07, 6.45) is 1.42. The van der Waals surface area contributed by atoms with E-state index in [0.717, 1.165) is 35.8 Å². The molecule has 0 radical (unpaired) electrons. The Morgan fingerprint density at radius 1 is 1.30 bits per heavy atom. The minimum atomic E-state index is -0.101. The number of carbonyl (C=O) groups is 2. The number of fused-ring (bicyclic) bond motifs is 1. The molecule has 1 atom stereocenters. The van der Waals surface area contributed by atoms with Crippen LogP contribution in [0.25, 0.3) is 0 Å². The SMILES string of the molecule is Cc1ccc(Cl)cc1N1CCC(CNC(=O)c2ccc3c(c2)NC(=O)C3)C1. The molecule has 1 fully saturated rings. The van der Waals surface area contributed by atoms with Crippen molar-refractivity contribution in [3.05, 3.63) is 58.1 Å². The molecule has 27 heavy (non-hydrogen) atoms. The van der Waals surface area contributed by atoms with E-state index >= 15 is 0 Å². The number of halogens is 1. The van der Waals surface area contributed by atoms with Gasteiger partial charge in [-0.15, -0.1) is 0 Å². The van der Waals surface area contributed by atoms with E-state index in [-0.39, 0.29) is 11.8 Å². The second-order valence-electron chi connectivity index (χ2n) is 7.34. The van der Waals surface area contributed by atoms with Crippen LogP contribution in [0.5, 0.6) is 0 Å². The molecule has 2 aliphatic heterocycles. The number of aryl methyl sites for hydroxylation is 1. The predicted octanol–water partition coefficient (Wildman–Crippen LogP) is 3.40. The zero-order valence-electron chi connectivity index (χ0n) is 15.2. The number of hydrogen-bond acceptors (Lipinski definition) is 3. The summed E-state index contributed by atoms with van der Waals surface area (Å²) in [6, 6.07) is 11.3. The lowest BCUT2D eigenvalue weighted by atomic mass is 10.1. The highest BCUT2D eigenvalue weighted by molar-refractivity contribution is 6.30. The zero-order chi connectivity index (χ0) is 19.0. The van der Waals surface area contributed by atoms with Crippen LogP contribution in [0.15, 0.2) is 36.4 Å². The third-order valence-corrected chi connectivity index (χ3v) is 5.58. The first-order chi connectivity index (χ1) is 13.0. The average Bonchev–Trinajstić information content (AvgIpc) is 3.26. The largest absolute Gasteiger partial charge is 0.371 e. The van der Waals surface area contributed by atoms with Gasteiger partial charge in [-0.05, 0) is 54.7 Å². The molecule has 2 heterocycles. The quantitative estimate of drug-likeness (QED) is 0.850. The van der Waals surface area contributed by atoms with Crippen LogP contribution in [-0.2, 0) is 11.2 Å². The number of benzene rings is 2. The standard InChI is InChI=1S/C21H22ClN3O2/c1-13-2-5-17(22)10-19(13)25-7-6-14(12-25)11-23-21(27)16-4-3-15-9-20(26)24-18(15)8-16/h2-5,8,10,14H,6-7,9,11-12H2,1H3,(H,23,27)(H,24,26). The summed E-state index contributed by atoms with van der Waals surface area (Å²) >= 11 is 6.14. The molecule has 140 valence electrons. The van der Waals surface area contributed by atoms with Crippen molar-refractivity contribution in [3.8, 4) is 0 Å². The molecule has 4 rings (SSSR count). The lowest BCUT2D eigenvalue weighted by molar-refractivity contribution is -0.115. The number of anilines is 2. The Kier molecular flexibility index (Phi) is 4.79. The number of nitrogens with zero attached hydrogens (tertiary/aromatic N) is 1. The number of hydrogen-bond donors (Lipinski definition) is 2. The molecule has 2 aliphatic rings. The van der Waals surface area contributed by atoms with Crippen LogP contribution in [0.2, 0.25) is 5.02 Å². The molecule has 5 nitrogen and oxygen atoms in total. The molecule has 0 aromatic heterocycles. The normalized spacial score (nSPS) is 18.4. The monoisotopic (exact) mass is 383 g/mol. The molecule has 0 aliphatic carbocycles. The summed E-state index contributed by atoms with van der Waals surface area (Å²) in [5, 5.41) is 6.57. The molecular formula is C21H22ClN3O2. The smallest absolute Gasteiger partial charge is 0.251 e. The second kappa shape index (κ2) is 7.24. The van der Waals surface area contributed by atoms with Crippen molar-refractivity contribution in [1.82, 2.24) is 5.32 Å². The van der Waals surface area contributed by atoms with Crippen LogP contribution in [0.3, 0.4) is 0 Å². The highest BCUT2D eigenvalue weighted by Gasteiger charge is 2.25. The van der Waals surface area contributed by atoms with Crippen LogP contribution in [-0.4, -0.2) is 31.4 Å². The Bertz CT molecular complexity index is 912. The molecule has 2 aromatic rings. The van der Waals surface area contributed by atoms with Gasteiger partial charge >= 0.3 is 0 Å². The summed E-state index contributed by atoms with van der Waals surface area (Å²) in [6.45, 7) is 4.60. The van der Waals surface area contributed by atoms with Gasteiger partial charge in [0.1, 0.15) is 0 Å². The summed E-state index contributed by atoms with van der Waals surface area (Å²) in [5.74, 6) is 0.280. The molecule has 0 saturated carbocycles.